The van der Waals surface area contributed by atoms with Crippen LogP contribution in [0.4, 0.5) is 11.4 Å². The average Bonchev–Trinajstić information content (AvgIpc) is 3.23. The number of amides is 1. The third-order valence-corrected chi connectivity index (χ3v) is 7.43. The van der Waals surface area contributed by atoms with Crippen LogP contribution >= 0.6 is 35.0 Å². The Morgan fingerprint density at radius 2 is 1.90 bits per heavy atom. The summed E-state index contributed by atoms with van der Waals surface area (Å²) in [6.45, 7) is 2.68. The van der Waals surface area contributed by atoms with E-state index >= 15 is 0 Å². The molecule has 1 unspecified atom stereocenters. The fraction of sp³-hybridized carbons (Fsp3) is 0.348. The first-order valence-corrected chi connectivity index (χ1v) is 11.8. The van der Waals surface area contributed by atoms with E-state index in [1.165, 1.54) is 5.69 Å². The van der Waals surface area contributed by atoms with Crippen molar-refractivity contribution in [2.75, 3.05) is 49.3 Å². The van der Waals surface area contributed by atoms with Crippen molar-refractivity contribution in [3.8, 4) is 0 Å². The minimum atomic E-state index is 0.00651. The Bertz CT molecular complexity index is 979. The molecule has 7 heteroatoms. The molecule has 2 fully saturated rings. The number of thioether (sulfide) groups is 1. The predicted octanol–water partition coefficient (Wildman–Crippen LogP) is 5.25. The molecule has 2 saturated heterocycles. The molecule has 2 aromatic carbocycles. The van der Waals surface area contributed by atoms with Crippen molar-refractivity contribution in [1.82, 2.24) is 4.90 Å². The summed E-state index contributed by atoms with van der Waals surface area (Å²) in [6, 6.07) is 14.2. The maximum atomic E-state index is 13.2. The van der Waals surface area contributed by atoms with E-state index in [-0.39, 0.29) is 5.91 Å². The van der Waals surface area contributed by atoms with Crippen LogP contribution in [0.15, 0.2) is 47.4 Å². The van der Waals surface area contributed by atoms with E-state index in [1.807, 2.05) is 18.2 Å². The molecule has 4 rings (SSSR count). The molecule has 1 amide bonds. The summed E-state index contributed by atoms with van der Waals surface area (Å²) >= 11 is 13.8. The number of rotatable bonds is 4. The highest BCUT2D eigenvalue weighted by Gasteiger charge is 2.28. The lowest BCUT2D eigenvalue weighted by Crippen LogP contribution is -2.37. The van der Waals surface area contributed by atoms with Gasteiger partial charge in [-0.2, -0.15) is 0 Å². The lowest BCUT2D eigenvalue weighted by atomic mass is 10.1. The van der Waals surface area contributed by atoms with Crippen molar-refractivity contribution in [1.29, 1.82) is 0 Å². The van der Waals surface area contributed by atoms with Gasteiger partial charge in [0.1, 0.15) is 0 Å². The van der Waals surface area contributed by atoms with E-state index in [0.29, 0.717) is 22.6 Å². The Morgan fingerprint density at radius 1 is 1.10 bits per heavy atom. The standard InChI is InChI=1S/C23H25Cl2N3OS/c1-26(2)18-9-10-27(15-18)21-6-4-3-5-16(21)13-22-23(29)28(11-12-30-22)17-7-8-19(24)20(25)14-17/h3-8,13-14,18H,9-12,15H2,1-2H3/b22-13-. The molecule has 0 radical (unpaired) electrons. The molecule has 2 aromatic rings. The Hall–Kier alpha value is -1.66. The lowest BCUT2D eigenvalue weighted by molar-refractivity contribution is -0.114. The van der Waals surface area contributed by atoms with Gasteiger partial charge in [0, 0.05) is 42.8 Å². The number of hydrogen-bond acceptors (Lipinski definition) is 4. The van der Waals surface area contributed by atoms with Gasteiger partial charge in [0.25, 0.3) is 5.91 Å². The van der Waals surface area contributed by atoms with Gasteiger partial charge >= 0.3 is 0 Å². The van der Waals surface area contributed by atoms with Crippen molar-refractivity contribution < 1.29 is 4.79 Å². The fourth-order valence-corrected chi connectivity index (χ4v) is 5.20. The van der Waals surface area contributed by atoms with Crippen LogP contribution in [-0.4, -0.2) is 56.3 Å². The quantitative estimate of drug-likeness (QED) is 0.580. The van der Waals surface area contributed by atoms with Crippen LogP contribution in [0.1, 0.15) is 12.0 Å². The summed E-state index contributed by atoms with van der Waals surface area (Å²) in [7, 11) is 4.27. The van der Waals surface area contributed by atoms with Crippen LogP contribution in [0.2, 0.25) is 10.0 Å². The van der Waals surface area contributed by atoms with Crippen LogP contribution < -0.4 is 9.80 Å². The lowest BCUT2D eigenvalue weighted by Gasteiger charge is -2.29. The molecule has 0 saturated carbocycles. The third-order valence-electron chi connectivity index (χ3n) is 5.70. The van der Waals surface area contributed by atoms with Crippen LogP contribution in [0.5, 0.6) is 0 Å². The van der Waals surface area contributed by atoms with Gasteiger partial charge in [-0.1, -0.05) is 41.4 Å². The SMILES string of the molecule is CN(C)C1CCN(c2ccccc2/C=C2\SCCN(c3ccc(Cl)c(Cl)c3)C2=O)C1. The summed E-state index contributed by atoms with van der Waals surface area (Å²) in [5.74, 6) is 0.846. The van der Waals surface area contributed by atoms with E-state index in [1.54, 1.807) is 28.8 Å². The second-order valence-corrected chi connectivity index (χ2v) is 9.77. The highest BCUT2D eigenvalue weighted by atomic mass is 35.5. The highest BCUT2D eigenvalue weighted by molar-refractivity contribution is 8.04. The molecule has 2 aliphatic rings. The van der Waals surface area contributed by atoms with Gasteiger partial charge in [0.15, 0.2) is 0 Å². The number of carbonyl (C=O) groups excluding carboxylic acids is 1. The Labute approximate surface area is 192 Å². The zero-order valence-corrected chi connectivity index (χ0v) is 19.5. The molecule has 4 nitrogen and oxygen atoms in total. The zero-order valence-electron chi connectivity index (χ0n) is 17.1. The minimum absolute atomic E-state index is 0.00651. The number of anilines is 2. The smallest absolute Gasteiger partial charge is 0.264 e. The number of carbonyl (C=O) groups is 1. The second-order valence-electron chi connectivity index (χ2n) is 7.82. The van der Waals surface area contributed by atoms with Crippen LogP contribution in [-0.2, 0) is 4.79 Å². The zero-order chi connectivity index (χ0) is 21.3. The molecule has 2 aliphatic heterocycles. The molecular formula is C23H25Cl2N3OS. The number of benzene rings is 2. The van der Waals surface area contributed by atoms with Gasteiger partial charge in [-0.05, 0) is 56.4 Å². The van der Waals surface area contributed by atoms with Crippen LogP contribution in [0.25, 0.3) is 6.08 Å². The summed E-state index contributed by atoms with van der Waals surface area (Å²) in [5, 5.41) is 0.950. The van der Waals surface area contributed by atoms with Crippen LogP contribution in [0, 0.1) is 0 Å². The first-order chi connectivity index (χ1) is 14.4. The number of halogens is 2. The molecule has 0 aliphatic carbocycles. The largest absolute Gasteiger partial charge is 0.369 e. The first-order valence-electron chi connectivity index (χ1n) is 10.1. The number of para-hydroxylation sites is 1. The molecule has 158 valence electrons. The molecular weight excluding hydrogens is 437 g/mol. The minimum Gasteiger partial charge on any atom is -0.369 e. The van der Waals surface area contributed by atoms with Gasteiger partial charge < -0.3 is 14.7 Å². The van der Waals surface area contributed by atoms with Gasteiger partial charge in [0.05, 0.1) is 15.0 Å². The molecule has 1 atom stereocenters. The predicted molar refractivity (Wildman–Crippen MR) is 130 cm³/mol. The molecule has 0 bridgehead atoms. The monoisotopic (exact) mass is 461 g/mol. The maximum Gasteiger partial charge on any atom is 0.264 e. The highest BCUT2D eigenvalue weighted by Crippen LogP contribution is 2.35. The third kappa shape index (κ3) is 4.50. The topological polar surface area (TPSA) is 26.8 Å². The Kier molecular flexibility index (Phi) is 6.63. The van der Waals surface area contributed by atoms with Crippen molar-refractivity contribution in [2.24, 2.45) is 0 Å². The molecule has 0 aromatic heterocycles. The van der Waals surface area contributed by atoms with Crippen LogP contribution in [0.3, 0.4) is 0 Å². The van der Waals surface area contributed by atoms with Crippen molar-refractivity contribution in [3.63, 3.8) is 0 Å². The molecule has 0 N–H and O–H groups in total. The van der Waals surface area contributed by atoms with Crippen molar-refractivity contribution in [3.05, 3.63) is 63.0 Å². The normalized spacial score (nSPS) is 21.2. The van der Waals surface area contributed by atoms with Gasteiger partial charge in [-0.3, -0.25) is 4.79 Å². The summed E-state index contributed by atoms with van der Waals surface area (Å²) in [4.78, 5) is 20.5. The van der Waals surface area contributed by atoms with Crippen molar-refractivity contribution >= 4 is 58.3 Å². The summed E-state index contributed by atoms with van der Waals surface area (Å²) in [5.41, 5.74) is 3.06. The molecule has 2 heterocycles. The van der Waals surface area contributed by atoms with Gasteiger partial charge in [-0.25, -0.2) is 0 Å². The number of hydrogen-bond donors (Lipinski definition) is 0. The van der Waals surface area contributed by atoms with E-state index in [0.717, 1.165) is 41.4 Å². The Balaban J connectivity index is 1.60. The summed E-state index contributed by atoms with van der Waals surface area (Å²) in [6.07, 6.45) is 3.19. The van der Waals surface area contributed by atoms with Gasteiger partial charge in [0.2, 0.25) is 0 Å². The van der Waals surface area contributed by atoms with E-state index < -0.39 is 0 Å². The molecule has 0 spiro atoms. The average molecular weight is 462 g/mol. The van der Waals surface area contributed by atoms with E-state index in [9.17, 15) is 4.79 Å². The Morgan fingerprint density at radius 3 is 2.63 bits per heavy atom. The number of nitrogens with zero attached hydrogens (tertiary/aromatic N) is 3. The summed E-state index contributed by atoms with van der Waals surface area (Å²) < 4.78 is 0. The van der Waals surface area contributed by atoms with E-state index in [4.69, 9.17) is 23.2 Å². The van der Waals surface area contributed by atoms with Crippen molar-refractivity contribution in [2.45, 2.75) is 12.5 Å². The fourth-order valence-electron chi connectivity index (χ4n) is 3.97. The first kappa shape index (κ1) is 21.6. The van der Waals surface area contributed by atoms with E-state index in [2.05, 4.69) is 42.1 Å². The number of likely N-dealkylation sites (N-methyl/N-ethyl adjacent to an activating group) is 1. The second kappa shape index (κ2) is 9.23. The molecule has 30 heavy (non-hydrogen) atoms. The van der Waals surface area contributed by atoms with Gasteiger partial charge in [-0.15, -0.1) is 11.8 Å². The maximum absolute atomic E-state index is 13.2.